The molecular weight excluding hydrogens is 282 g/mol. The molecule has 1 aromatic heterocycles. The van der Waals surface area contributed by atoms with Gasteiger partial charge in [-0.15, -0.1) is 0 Å². The topological polar surface area (TPSA) is 92.5 Å². The first-order valence-electron chi connectivity index (χ1n) is 6.30. The van der Waals surface area contributed by atoms with Crippen molar-refractivity contribution in [2.45, 2.75) is 6.10 Å². The Bertz CT molecular complexity index is 485. The Kier molecular flexibility index (Phi) is 5.13. The summed E-state index contributed by atoms with van der Waals surface area (Å²) in [4.78, 5) is 18.1. The molecule has 1 amide bonds. The maximum absolute atomic E-state index is 12.0. The summed E-state index contributed by atoms with van der Waals surface area (Å²) >= 11 is 5.93. The van der Waals surface area contributed by atoms with Crippen molar-refractivity contribution in [3.05, 3.63) is 22.8 Å². The number of carbonyl (C=O) groups is 1. The van der Waals surface area contributed by atoms with E-state index in [1.165, 1.54) is 12.3 Å². The van der Waals surface area contributed by atoms with Crippen LogP contribution in [0.1, 0.15) is 10.4 Å². The van der Waals surface area contributed by atoms with Crippen LogP contribution in [0.3, 0.4) is 0 Å². The number of amides is 1. The maximum atomic E-state index is 12.0. The predicted octanol–water partition coefficient (Wildman–Crippen LogP) is 0.0810. The lowest BCUT2D eigenvalue weighted by molar-refractivity contribution is -0.0175. The van der Waals surface area contributed by atoms with Crippen molar-refractivity contribution >= 4 is 23.3 Å². The fourth-order valence-electron chi connectivity index (χ4n) is 1.97. The number of hydrogen-bond acceptors (Lipinski definition) is 6. The molecule has 1 aliphatic rings. The van der Waals surface area contributed by atoms with Gasteiger partial charge in [0.05, 0.1) is 23.3 Å². The van der Waals surface area contributed by atoms with Crippen LogP contribution in [0.2, 0.25) is 5.02 Å². The Morgan fingerprint density at radius 2 is 2.50 bits per heavy atom. The van der Waals surface area contributed by atoms with E-state index in [-0.39, 0.29) is 12.0 Å². The van der Waals surface area contributed by atoms with Crippen molar-refractivity contribution < 1.29 is 9.53 Å². The summed E-state index contributed by atoms with van der Waals surface area (Å²) in [6.07, 6.45) is 1.43. The fourth-order valence-corrected chi connectivity index (χ4v) is 2.19. The standard InChI is InChI=1S/C12H18ClN5O2/c1-18-2-3-20-9(7-18)6-16-12(19)8-4-10(13)11(17-14)15-5-8/h4-5,9H,2-3,6-7,14H2,1H3,(H,15,17)(H,16,19). The first-order valence-corrected chi connectivity index (χ1v) is 6.68. The summed E-state index contributed by atoms with van der Waals surface area (Å²) in [5, 5.41) is 3.11. The quantitative estimate of drug-likeness (QED) is 0.539. The molecule has 0 radical (unpaired) electrons. The van der Waals surface area contributed by atoms with Crippen molar-refractivity contribution in [3.63, 3.8) is 0 Å². The molecule has 1 atom stereocenters. The molecule has 7 nitrogen and oxygen atoms in total. The third-order valence-electron chi connectivity index (χ3n) is 3.07. The van der Waals surface area contributed by atoms with Gasteiger partial charge in [-0.1, -0.05) is 11.6 Å². The molecule has 0 saturated carbocycles. The van der Waals surface area contributed by atoms with Crippen molar-refractivity contribution in [1.29, 1.82) is 0 Å². The number of anilines is 1. The number of carbonyl (C=O) groups excluding carboxylic acids is 1. The zero-order chi connectivity index (χ0) is 14.5. The lowest BCUT2D eigenvalue weighted by Gasteiger charge is -2.30. The molecular formula is C12H18ClN5O2. The molecule has 110 valence electrons. The van der Waals surface area contributed by atoms with Crippen LogP contribution in [0.4, 0.5) is 5.82 Å². The van der Waals surface area contributed by atoms with Gasteiger partial charge in [0, 0.05) is 25.8 Å². The van der Waals surface area contributed by atoms with Crippen molar-refractivity contribution in [2.24, 2.45) is 5.84 Å². The number of hydrogen-bond donors (Lipinski definition) is 3. The smallest absolute Gasteiger partial charge is 0.252 e. The number of nitrogen functional groups attached to an aromatic ring is 1. The van der Waals surface area contributed by atoms with Crippen LogP contribution in [0, 0.1) is 0 Å². The summed E-state index contributed by atoms with van der Waals surface area (Å²) in [6, 6.07) is 1.52. The van der Waals surface area contributed by atoms with Gasteiger partial charge in [0.1, 0.15) is 0 Å². The van der Waals surface area contributed by atoms with Crippen molar-refractivity contribution in [3.8, 4) is 0 Å². The lowest BCUT2D eigenvalue weighted by Crippen LogP contribution is -2.45. The maximum Gasteiger partial charge on any atom is 0.252 e. The number of nitrogens with zero attached hydrogens (tertiary/aromatic N) is 2. The summed E-state index contributed by atoms with van der Waals surface area (Å²) in [6.45, 7) is 2.85. The Morgan fingerprint density at radius 1 is 1.70 bits per heavy atom. The first kappa shape index (κ1) is 15.0. The van der Waals surface area contributed by atoms with E-state index in [0.717, 1.165) is 13.1 Å². The summed E-state index contributed by atoms with van der Waals surface area (Å²) in [5.74, 6) is 5.32. The van der Waals surface area contributed by atoms with Gasteiger partial charge < -0.3 is 20.4 Å². The highest BCUT2D eigenvalue weighted by Crippen LogP contribution is 2.18. The minimum Gasteiger partial charge on any atom is -0.374 e. The Labute approximate surface area is 122 Å². The van der Waals surface area contributed by atoms with Crippen LogP contribution in [0.25, 0.3) is 0 Å². The number of hydrazine groups is 1. The van der Waals surface area contributed by atoms with Crippen LogP contribution in [-0.4, -0.2) is 55.2 Å². The Balaban J connectivity index is 1.90. The van der Waals surface area contributed by atoms with Crippen LogP contribution in [0.5, 0.6) is 0 Å². The summed E-state index contributed by atoms with van der Waals surface area (Å²) in [5.41, 5.74) is 2.74. The molecule has 4 N–H and O–H groups in total. The zero-order valence-corrected chi connectivity index (χ0v) is 12.0. The Morgan fingerprint density at radius 3 is 3.15 bits per heavy atom. The molecule has 20 heavy (non-hydrogen) atoms. The normalized spacial score (nSPS) is 19.6. The van der Waals surface area contributed by atoms with Gasteiger partial charge in [0.15, 0.2) is 5.82 Å². The van der Waals surface area contributed by atoms with Gasteiger partial charge in [-0.2, -0.15) is 0 Å². The number of nitrogens with one attached hydrogen (secondary N) is 2. The molecule has 8 heteroatoms. The number of aromatic nitrogens is 1. The molecule has 1 aliphatic heterocycles. The first-order chi connectivity index (χ1) is 9.60. The van der Waals surface area contributed by atoms with Gasteiger partial charge in [-0.25, -0.2) is 10.8 Å². The second kappa shape index (κ2) is 6.85. The van der Waals surface area contributed by atoms with Crippen LogP contribution in [-0.2, 0) is 4.74 Å². The third-order valence-corrected chi connectivity index (χ3v) is 3.36. The average Bonchev–Trinajstić information content (AvgIpc) is 2.44. The number of ether oxygens (including phenoxy) is 1. The van der Waals surface area contributed by atoms with E-state index in [1.807, 2.05) is 7.05 Å². The second-order valence-corrected chi connectivity index (χ2v) is 5.07. The van der Waals surface area contributed by atoms with E-state index in [0.29, 0.717) is 29.6 Å². The molecule has 1 unspecified atom stereocenters. The molecule has 2 rings (SSSR count). The lowest BCUT2D eigenvalue weighted by atomic mass is 10.2. The van der Waals surface area contributed by atoms with Gasteiger partial charge in [-0.3, -0.25) is 4.79 Å². The fraction of sp³-hybridized carbons (Fsp3) is 0.500. The van der Waals surface area contributed by atoms with E-state index in [4.69, 9.17) is 22.2 Å². The molecule has 0 spiro atoms. The molecule has 2 heterocycles. The molecule has 1 saturated heterocycles. The number of halogens is 1. The minimum atomic E-state index is -0.236. The third kappa shape index (κ3) is 3.80. The van der Waals surface area contributed by atoms with Crippen LogP contribution in [0.15, 0.2) is 12.3 Å². The van der Waals surface area contributed by atoms with Crippen LogP contribution >= 0.6 is 11.6 Å². The number of likely N-dealkylation sites (N-methyl/N-ethyl adjacent to an activating group) is 1. The van der Waals surface area contributed by atoms with Crippen LogP contribution < -0.4 is 16.6 Å². The SMILES string of the molecule is CN1CCOC(CNC(=O)c2cnc(NN)c(Cl)c2)C1. The van der Waals surface area contributed by atoms with E-state index < -0.39 is 0 Å². The highest BCUT2D eigenvalue weighted by atomic mass is 35.5. The number of pyridine rings is 1. The zero-order valence-electron chi connectivity index (χ0n) is 11.2. The Hall–Kier alpha value is -1.41. The van der Waals surface area contributed by atoms with Gasteiger partial charge in [0.2, 0.25) is 0 Å². The summed E-state index contributed by atoms with van der Waals surface area (Å²) < 4.78 is 5.57. The second-order valence-electron chi connectivity index (χ2n) is 4.66. The number of nitrogens with two attached hydrogens (primary N) is 1. The predicted molar refractivity (Wildman–Crippen MR) is 76.6 cm³/mol. The van der Waals surface area contributed by atoms with Gasteiger partial charge in [0.25, 0.3) is 5.91 Å². The van der Waals surface area contributed by atoms with Crippen molar-refractivity contribution in [2.75, 3.05) is 38.7 Å². The van der Waals surface area contributed by atoms with E-state index in [2.05, 4.69) is 20.6 Å². The molecule has 1 fully saturated rings. The highest BCUT2D eigenvalue weighted by Gasteiger charge is 2.18. The monoisotopic (exact) mass is 299 g/mol. The van der Waals surface area contributed by atoms with Gasteiger partial charge in [-0.05, 0) is 13.1 Å². The molecule has 0 aliphatic carbocycles. The summed E-state index contributed by atoms with van der Waals surface area (Å²) in [7, 11) is 2.03. The van der Waals surface area contributed by atoms with E-state index >= 15 is 0 Å². The van der Waals surface area contributed by atoms with Gasteiger partial charge >= 0.3 is 0 Å². The van der Waals surface area contributed by atoms with Crippen molar-refractivity contribution in [1.82, 2.24) is 15.2 Å². The number of morpholine rings is 1. The molecule has 0 bridgehead atoms. The minimum absolute atomic E-state index is 0.00566. The van der Waals surface area contributed by atoms with E-state index in [9.17, 15) is 4.79 Å². The molecule has 1 aromatic rings. The van der Waals surface area contributed by atoms with E-state index in [1.54, 1.807) is 0 Å². The average molecular weight is 300 g/mol. The molecule has 0 aromatic carbocycles. The number of rotatable bonds is 4. The largest absolute Gasteiger partial charge is 0.374 e. The highest BCUT2D eigenvalue weighted by molar-refractivity contribution is 6.33.